The third-order valence-electron chi connectivity index (χ3n) is 3.44. The highest BCUT2D eigenvalue weighted by Gasteiger charge is 2.09. The molecule has 128 valence electrons. The molecular formula is C16H15N5O2S2. The maximum Gasteiger partial charge on any atom is 0.216 e. The largest absolute Gasteiger partial charge is 0.264 e. The van der Waals surface area contributed by atoms with Gasteiger partial charge in [0.25, 0.3) is 0 Å². The normalized spacial score (nSPS) is 11.9. The number of nitrogens with zero attached hydrogens (tertiary/aromatic N) is 4. The molecule has 2 aromatic heterocycles. The first kappa shape index (κ1) is 17.2. The monoisotopic (exact) mass is 373 g/mol. The van der Waals surface area contributed by atoms with Crippen molar-refractivity contribution in [1.29, 1.82) is 0 Å². The number of rotatable bonds is 5. The van der Waals surface area contributed by atoms with Crippen LogP contribution in [0.5, 0.6) is 0 Å². The minimum atomic E-state index is -3.21. The summed E-state index contributed by atoms with van der Waals surface area (Å²) in [7, 11) is -3.21. The lowest BCUT2D eigenvalue weighted by molar-refractivity contribution is 0.602. The van der Waals surface area contributed by atoms with Crippen molar-refractivity contribution >= 4 is 28.3 Å². The van der Waals surface area contributed by atoms with Crippen LogP contribution < -0.4 is 0 Å². The first-order chi connectivity index (χ1) is 11.9. The fourth-order valence-electron chi connectivity index (χ4n) is 2.17. The van der Waals surface area contributed by atoms with Gasteiger partial charge in [0, 0.05) is 30.6 Å². The zero-order valence-corrected chi connectivity index (χ0v) is 15.0. The van der Waals surface area contributed by atoms with Crippen molar-refractivity contribution in [2.75, 3.05) is 6.26 Å². The molecule has 2 heterocycles. The Morgan fingerprint density at radius 1 is 1.28 bits per heavy atom. The average molecular weight is 373 g/mol. The first-order valence-electron chi connectivity index (χ1n) is 7.33. The molecule has 7 nitrogen and oxygen atoms in total. The molecule has 0 saturated carbocycles. The van der Waals surface area contributed by atoms with Gasteiger partial charge in [0.1, 0.15) is 0 Å². The van der Waals surface area contributed by atoms with Gasteiger partial charge in [-0.3, -0.25) is 10.1 Å². The number of aromatic amines is 1. The molecular weight excluding hydrogens is 358 g/mol. The van der Waals surface area contributed by atoms with Crippen molar-refractivity contribution in [3.63, 3.8) is 0 Å². The van der Waals surface area contributed by atoms with E-state index in [1.54, 1.807) is 42.9 Å². The summed E-state index contributed by atoms with van der Waals surface area (Å²) >= 11 is 5.21. The average Bonchev–Trinajstić information content (AvgIpc) is 2.93. The number of pyridine rings is 1. The van der Waals surface area contributed by atoms with Crippen LogP contribution in [0.3, 0.4) is 0 Å². The van der Waals surface area contributed by atoms with Crippen LogP contribution in [0, 0.1) is 4.77 Å². The van der Waals surface area contributed by atoms with E-state index in [0.717, 1.165) is 11.1 Å². The molecule has 1 aromatic carbocycles. The van der Waals surface area contributed by atoms with Crippen LogP contribution in [0.2, 0.25) is 0 Å². The SMILES string of the molecule is CS(=O)(=O)c1ccc(Cc2n[nH]c(=S)n2/N=C/c2cccnc2)cc1. The summed E-state index contributed by atoms with van der Waals surface area (Å²) in [6, 6.07) is 10.4. The van der Waals surface area contributed by atoms with E-state index in [1.165, 1.54) is 10.9 Å². The molecule has 1 N–H and O–H groups in total. The van der Waals surface area contributed by atoms with Crippen LogP contribution in [0.25, 0.3) is 0 Å². The fraction of sp³-hybridized carbons (Fsp3) is 0.125. The van der Waals surface area contributed by atoms with E-state index in [1.807, 2.05) is 12.1 Å². The van der Waals surface area contributed by atoms with Gasteiger partial charge < -0.3 is 0 Å². The number of aromatic nitrogens is 4. The Labute approximate surface area is 150 Å². The van der Waals surface area contributed by atoms with Crippen LogP contribution in [-0.2, 0) is 16.3 Å². The second-order valence-corrected chi connectivity index (χ2v) is 7.78. The van der Waals surface area contributed by atoms with E-state index in [0.29, 0.717) is 17.0 Å². The maximum absolute atomic E-state index is 11.5. The van der Waals surface area contributed by atoms with Crippen LogP contribution in [-0.4, -0.2) is 40.7 Å². The lowest BCUT2D eigenvalue weighted by Gasteiger charge is -2.03. The van der Waals surface area contributed by atoms with Crippen molar-refractivity contribution in [2.45, 2.75) is 11.3 Å². The number of hydrogen-bond acceptors (Lipinski definition) is 6. The topological polar surface area (TPSA) is 93.0 Å². The van der Waals surface area contributed by atoms with E-state index in [4.69, 9.17) is 12.2 Å². The molecule has 0 aliphatic carbocycles. The summed E-state index contributed by atoms with van der Waals surface area (Å²) < 4.78 is 25.0. The molecule has 0 aliphatic heterocycles. The minimum Gasteiger partial charge on any atom is -0.264 e. The van der Waals surface area contributed by atoms with Gasteiger partial charge in [-0.15, -0.1) is 0 Å². The van der Waals surface area contributed by atoms with Gasteiger partial charge >= 0.3 is 0 Å². The highest BCUT2D eigenvalue weighted by molar-refractivity contribution is 7.90. The molecule has 0 aliphatic rings. The highest BCUT2D eigenvalue weighted by Crippen LogP contribution is 2.13. The lowest BCUT2D eigenvalue weighted by atomic mass is 10.1. The third kappa shape index (κ3) is 4.25. The van der Waals surface area contributed by atoms with Gasteiger partial charge in [0.2, 0.25) is 4.77 Å². The van der Waals surface area contributed by atoms with Crippen molar-refractivity contribution in [3.05, 3.63) is 70.5 Å². The first-order valence-corrected chi connectivity index (χ1v) is 9.63. The van der Waals surface area contributed by atoms with Crippen LogP contribution in [0.4, 0.5) is 0 Å². The zero-order valence-electron chi connectivity index (χ0n) is 13.3. The Bertz CT molecular complexity index is 1050. The number of H-pyrrole nitrogens is 1. The van der Waals surface area contributed by atoms with Gasteiger partial charge in [0.05, 0.1) is 11.1 Å². The summed E-state index contributed by atoms with van der Waals surface area (Å²) in [5, 5.41) is 11.3. The summed E-state index contributed by atoms with van der Waals surface area (Å²) in [6.07, 6.45) is 6.67. The van der Waals surface area contributed by atoms with E-state index in [2.05, 4.69) is 20.3 Å². The molecule has 0 fully saturated rings. The molecule has 3 rings (SSSR count). The van der Waals surface area contributed by atoms with Crippen LogP contribution in [0.15, 0.2) is 58.8 Å². The van der Waals surface area contributed by atoms with E-state index >= 15 is 0 Å². The van der Waals surface area contributed by atoms with Crippen LogP contribution in [0.1, 0.15) is 17.0 Å². The maximum atomic E-state index is 11.5. The molecule has 9 heteroatoms. The van der Waals surface area contributed by atoms with E-state index in [9.17, 15) is 8.42 Å². The molecule has 25 heavy (non-hydrogen) atoms. The zero-order chi connectivity index (χ0) is 17.9. The predicted octanol–water partition coefficient (Wildman–Crippen LogP) is 2.21. The number of benzene rings is 1. The quantitative estimate of drug-likeness (QED) is 0.547. The Kier molecular flexibility index (Phi) is 4.86. The van der Waals surface area contributed by atoms with Crippen LogP contribution >= 0.6 is 12.2 Å². The molecule has 0 unspecified atom stereocenters. The Morgan fingerprint density at radius 2 is 2.04 bits per heavy atom. The summed E-state index contributed by atoms with van der Waals surface area (Å²) in [6.45, 7) is 0. The van der Waals surface area contributed by atoms with Crippen molar-refractivity contribution in [2.24, 2.45) is 5.10 Å². The summed E-state index contributed by atoms with van der Waals surface area (Å²) in [4.78, 5) is 4.31. The predicted molar refractivity (Wildman–Crippen MR) is 97.0 cm³/mol. The van der Waals surface area contributed by atoms with Gasteiger partial charge in [-0.25, -0.2) is 8.42 Å². The number of hydrogen-bond donors (Lipinski definition) is 1. The number of sulfone groups is 1. The molecule has 3 aromatic rings. The minimum absolute atomic E-state index is 0.282. The summed E-state index contributed by atoms with van der Waals surface area (Å²) in [5.41, 5.74) is 1.74. The van der Waals surface area contributed by atoms with Crippen molar-refractivity contribution in [3.8, 4) is 0 Å². The second kappa shape index (κ2) is 7.08. The Balaban J connectivity index is 1.85. The van der Waals surface area contributed by atoms with Gasteiger partial charge in [-0.05, 0) is 36.0 Å². The van der Waals surface area contributed by atoms with E-state index < -0.39 is 9.84 Å². The smallest absolute Gasteiger partial charge is 0.216 e. The van der Waals surface area contributed by atoms with E-state index in [-0.39, 0.29) is 4.90 Å². The standard InChI is InChI=1S/C16H15N5O2S2/c1-25(22,23)14-6-4-12(5-7-14)9-15-19-20-16(24)21(15)18-11-13-3-2-8-17-10-13/h2-8,10-11H,9H2,1H3,(H,20,24)/b18-11+. The van der Waals surface area contributed by atoms with Gasteiger partial charge in [0.15, 0.2) is 15.7 Å². The molecule has 0 amide bonds. The number of nitrogens with one attached hydrogen (secondary N) is 1. The lowest BCUT2D eigenvalue weighted by Crippen LogP contribution is -2.01. The summed E-state index contributed by atoms with van der Waals surface area (Å²) in [5.74, 6) is 0.622. The third-order valence-corrected chi connectivity index (χ3v) is 4.83. The Morgan fingerprint density at radius 3 is 2.68 bits per heavy atom. The highest BCUT2D eigenvalue weighted by atomic mass is 32.2. The molecule has 0 spiro atoms. The van der Waals surface area contributed by atoms with Gasteiger partial charge in [-0.2, -0.15) is 14.9 Å². The fourth-order valence-corrected chi connectivity index (χ4v) is 3.00. The molecule has 0 saturated heterocycles. The van der Waals surface area contributed by atoms with Crippen molar-refractivity contribution < 1.29 is 8.42 Å². The Hall–Kier alpha value is -2.65. The van der Waals surface area contributed by atoms with Crippen molar-refractivity contribution in [1.82, 2.24) is 19.9 Å². The van der Waals surface area contributed by atoms with Gasteiger partial charge in [-0.1, -0.05) is 18.2 Å². The molecule has 0 bridgehead atoms. The molecule has 0 atom stereocenters. The molecule has 0 radical (unpaired) electrons. The second-order valence-electron chi connectivity index (χ2n) is 5.38.